The summed E-state index contributed by atoms with van der Waals surface area (Å²) in [6, 6.07) is 10.9. The number of aromatic nitrogens is 2. The number of nitrogens with one attached hydrogen (secondary N) is 1. The van der Waals surface area contributed by atoms with Gasteiger partial charge >= 0.3 is 0 Å². The van der Waals surface area contributed by atoms with Gasteiger partial charge in [0.1, 0.15) is 0 Å². The molecule has 0 saturated carbocycles. The highest BCUT2D eigenvalue weighted by atomic mass is 32.1. The number of amides is 1. The van der Waals surface area contributed by atoms with Crippen LogP contribution < -0.4 is 5.32 Å². The summed E-state index contributed by atoms with van der Waals surface area (Å²) in [4.78, 5) is 16.4. The van der Waals surface area contributed by atoms with E-state index in [0.717, 1.165) is 30.8 Å². The summed E-state index contributed by atoms with van der Waals surface area (Å²) in [5.74, 6) is 0.0113. The maximum atomic E-state index is 13.0. The fourth-order valence-corrected chi connectivity index (χ4v) is 5.48. The second-order valence-electron chi connectivity index (χ2n) is 7.92. The molecule has 6 nitrogen and oxygen atoms in total. The molecule has 1 atom stereocenters. The molecule has 1 aliphatic rings. The van der Waals surface area contributed by atoms with Crippen molar-refractivity contribution in [3.05, 3.63) is 52.7 Å². The number of carbonyl (C=O) groups is 1. The summed E-state index contributed by atoms with van der Waals surface area (Å²) in [5.41, 5.74) is 2.42. The highest BCUT2D eigenvalue weighted by molar-refractivity contribution is 7.21. The average molecular weight is 427 g/mol. The normalized spacial score (nSPS) is 17.5. The predicted octanol–water partition coefficient (Wildman–Crippen LogP) is 3.61. The second kappa shape index (κ2) is 9.73. The molecule has 160 valence electrons. The van der Waals surface area contributed by atoms with Crippen molar-refractivity contribution in [1.82, 2.24) is 20.0 Å². The van der Waals surface area contributed by atoms with E-state index in [1.54, 1.807) is 18.4 Å². The van der Waals surface area contributed by atoms with E-state index in [1.165, 1.54) is 34.2 Å². The minimum Gasteiger partial charge on any atom is -0.383 e. The lowest BCUT2D eigenvalue weighted by Gasteiger charge is -2.36. The first kappa shape index (κ1) is 21.0. The number of rotatable bonds is 8. The number of ether oxygens (including phenoxy) is 1. The topological polar surface area (TPSA) is 59.4 Å². The van der Waals surface area contributed by atoms with Gasteiger partial charge in [0.05, 0.1) is 17.2 Å². The van der Waals surface area contributed by atoms with Crippen LogP contribution in [0.25, 0.3) is 10.1 Å². The van der Waals surface area contributed by atoms with Crippen molar-refractivity contribution in [2.45, 2.75) is 38.3 Å². The van der Waals surface area contributed by atoms with Crippen molar-refractivity contribution in [3.8, 4) is 0 Å². The summed E-state index contributed by atoms with van der Waals surface area (Å²) in [7, 11) is 3.65. The smallest absolute Gasteiger partial charge is 0.261 e. The van der Waals surface area contributed by atoms with E-state index in [4.69, 9.17) is 4.74 Å². The van der Waals surface area contributed by atoms with Crippen LogP contribution >= 0.6 is 11.3 Å². The van der Waals surface area contributed by atoms with Crippen molar-refractivity contribution in [2.75, 3.05) is 26.8 Å². The number of aryl methyl sites for hydroxylation is 1. The number of methoxy groups -OCH3 is 1. The average Bonchev–Trinajstić information content (AvgIpc) is 3.33. The number of carbonyl (C=O) groups excluding carboxylic acids is 1. The van der Waals surface area contributed by atoms with Crippen LogP contribution in [0.3, 0.4) is 0 Å². The molecule has 2 aromatic heterocycles. The lowest BCUT2D eigenvalue weighted by Crippen LogP contribution is -2.41. The second-order valence-corrected chi connectivity index (χ2v) is 8.98. The van der Waals surface area contributed by atoms with Crippen LogP contribution in [0, 0.1) is 0 Å². The van der Waals surface area contributed by atoms with Gasteiger partial charge in [-0.2, -0.15) is 5.10 Å². The van der Waals surface area contributed by atoms with E-state index >= 15 is 0 Å². The Kier molecular flexibility index (Phi) is 6.82. The van der Waals surface area contributed by atoms with Gasteiger partial charge in [-0.05, 0) is 48.9 Å². The number of hydrogen-bond donors (Lipinski definition) is 1. The van der Waals surface area contributed by atoms with E-state index in [0.29, 0.717) is 19.2 Å². The van der Waals surface area contributed by atoms with E-state index in [-0.39, 0.29) is 5.91 Å². The highest BCUT2D eigenvalue weighted by Gasteiger charge is 2.27. The van der Waals surface area contributed by atoms with Crippen molar-refractivity contribution < 1.29 is 9.53 Å². The molecule has 4 rings (SSSR count). The Hall–Kier alpha value is -2.22. The minimum atomic E-state index is 0.0113. The number of benzene rings is 1. The summed E-state index contributed by atoms with van der Waals surface area (Å²) in [6.07, 6.45) is 6.39. The third kappa shape index (κ3) is 4.58. The zero-order valence-electron chi connectivity index (χ0n) is 17.8. The fraction of sp³-hybridized carbons (Fsp3) is 0.478. The predicted molar refractivity (Wildman–Crippen MR) is 121 cm³/mol. The molecule has 3 heterocycles. The van der Waals surface area contributed by atoms with Crippen molar-refractivity contribution >= 4 is 27.3 Å². The van der Waals surface area contributed by atoms with E-state index in [2.05, 4.69) is 39.6 Å². The first-order valence-electron chi connectivity index (χ1n) is 10.7. The van der Waals surface area contributed by atoms with Gasteiger partial charge in [-0.15, -0.1) is 11.3 Å². The van der Waals surface area contributed by atoms with Gasteiger partial charge in [0.2, 0.25) is 0 Å². The molecule has 3 aromatic rings. The largest absolute Gasteiger partial charge is 0.383 e. The van der Waals surface area contributed by atoms with Crippen LogP contribution in [0.5, 0.6) is 0 Å². The van der Waals surface area contributed by atoms with Crippen LogP contribution in [0.1, 0.15) is 40.2 Å². The molecule has 0 spiro atoms. The van der Waals surface area contributed by atoms with Gasteiger partial charge in [0.25, 0.3) is 5.91 Å². The van der Waals surface area contributed by atoms with Gasteiger partial charge in [-0.1, -0.05) is 24.6 Å². The molecule has 0 radical (unpaired) electrons. The van der Waals surface area contributed by atoms with Crippen molar-refractivity contribution in [2.24, 2.45) is 7.05 Å². The molecular formula is C23H30N4O2S. The third-order valence-corrected chi connectivity index (χ3v) is 7.18. The summed E-state index contributed by atoms with van der Waals surface area (Å²) >= 11 is 1.60. The Bertz CT molecular complexity index is 996. The molecule has 30 heavy (non-hydrogen) atoms. The molecule has 0 bridgehead atoms. The van der Waals surface area contributed by atoms with Crippen LogP contribution in [0.4, 0.5) is 0 Å². The standard InChI is InChI=1S/C23H30N4O2S/c1-26-18(10-11-25-26)16-27-13-6-5-7-17(27)15-20-19-8-3-4-9-21(19)30-22(20)23(28)24-12-14-29-2/h3-4,8-11,17H,5-7,12-16H2,1-2H3,(H,24,28)/t17-/m0/s1. The first-order valence-corrected chi connectivity index (χ1v) is 11.5. The third-order valence-electron chi connectivity index (χ3n) is 5.97. The van der Waals surface area contributed by atoms with Crippen LogP contribution in [0.15, 0.2) is 36.5 Å². The molecule has 0 aliphatic carbocycles. The number of hydrogen-bond acceptors (Lipinski definition) is 5. The first-order chi connectivity index (χ1) is 14.7. The quantitative estimate of drug-likeness (QED) is 0.559. The Morgan fingerprint density at radius 2 is 2.17 bits per heavy atom. The SMILES string of the molecule is COCCNC(=O)c1sc2ccccc2c1C[C@@H]1CCCCN1Cc1ccnn1C. The number of piperidine rings is 1. The molecule has 1 amide bonds. The molecule has 1 fully saturated rings. The molecule has 7 heteroatoms. The summed E-state index contributed by atoms with van der Waals surface area (Å²) in [6.45, 7) is 3.04. The van der Waals surface area contributed by atoms with E-state index < -0.39 is 0 Å². The van der Waals surface area contributed by atoms with Crippen molar-refractivity contribution in [1.29, 1.82) is 0 Å². The van der Waals surface area contributed by atoms with Gasteiger partial charge in [-0.25, -0.2) is 0 Å². The lowest BCUT2D eigenvalue weighted by atomic mass is 9.93. The Labute approximate surface area is 181 Å². The number of nitrogens with zero attached hydrogens (tertiary/aromatic N) is 3. The van der Waals surface area contributed by atoms with E-state index in [1.807, 2.05) is 24.0 Å². The number of fused-ring (bicyclic) bond motifs is 1. The van der Waals surface area contributed by atoms with Gasteiger partial charge < -0.3 is 10.1 Å². The van der Waals surface area contributed by atoms with Crippen molar-refractivity contribution in [3.63, 3.8) is 0 Å². The van der Waals surface area contributed by atoms with Crippen LogP contribution in [0.2, 0.25) is 0 Å². The summed E-state index contributed by atoms with van der Waals surface area (Å²) in [5, 5.41) is 8.55. The highest BCUT2D eigenvalue weighted by Crippen LogP contribution is 2.34. The Balaban J connectivity index is 1.60. The zero-order chi connectivity index (χ0) is 20.9. The maximum Gasteiger partial charge on any atom is 0.261 e. The Morgan fingerprint density at radius 3 is 2.97 bits per heavy atom. The molecule has 0 unspecified atom stereocenters. The minimum absolute atomic E-state index is 0.0113. The van der Waals surface area contributed by atoms with Gasteiger partial charge in [0.15, 0.2) is 0 Å². The lowest BCUT2D eigenvalue weighted by molar-refractivity contribution is 0.0938. The monoisotopic (exact) mass is 426 g/mol. The maximum absolute atomic E-state index is 13.0. The van der Waals surface area contributed by atoms with Gasteiger partial charge in [-0.3, -0.25) is 14.4 Å². The van der Waals surface area contributed by atoms with E-state index in [9.17, 15) is 4.79 Å². The molecule has 1 N–H and O–H groups in total. The fourth-order valence-electron chi connectivity index (χ4n) is 4.33. The molecule has 1 aliphatic heterocycles. The van der Waals surface area contributed by atoms with Crippen LogP contribution in [-0.2, 0) is 24.8 Å². The molecule has 1 saturated heterocycles. The molecular weight excluding hydrogens is 396 g/mol. The van der Waals surface area contributed by atoms with Crippen LogP contribution in [-0.4, -0.2) is 53.4 Å². The Morgan fingerprint density at radius 1 is 1.30 bits per heavy atom. The zero-order valence-corrected chi connectivity index (χ0v) is 18.6. The summed E-state index contributed by atoms with van der Waals surface area (Å²) < 4.78 is 8.23. The number of likely N-dealkylation sites (tertiary alicyclic amines) is 1. The number of thiophene rings is 1. The molecule has 1 aromatic carbocycles. The van der Waals surface area contributed by atoms with Gasteiger partial charge in [0, 0.05) is 44.2 Å².